The van der Waals surface area contributed by atoms with Crippen molar-refractivity contribution in [1.82, 2.24) is 9.91 Å². The van der Waals surface area contributed by atoms with E-state index in [0.29, 0.717) is 33.0 Å². The molecule has 2 heterocycles. The maximum absolute atomic E-state index is 13.8. The highest BCUT2D eigenvalue weighted by Crippen LogP contribution is 2.53. The number of aryl methyl sites for hydroxylation is 4. The summed E-state index contributed by atoms with van der Waals surface area (Å²) in [5.74, 6) is -1.55. The summed E-state index contributed by atoms with van der Waals surface area (Å²) in [4.78, 5) is 56.1. The van der Waals surface area contributed by atoms with Crippen molar-refractivity contribution in [3.8, 4) is 0 Å². The van der Waals surface area contributed by atoms with E-state index in [-0.39, 0.29) is 11.8 Å². The quantitative estimate of drug-likeness (QED) is 0.103. The molecule has 2 aliphatic rings. The van der Waals surface area contributed by atoms with Gasteiger partial charge in [0, 0.05) is 24.5 Å². The van der Waals surface area contributed by atoms with E-state index in [9.17, 15) is 19.2 Å². The van der Waals surface area contributed by atoms with Crippen molar-refractivity contribution in [2.45, 2.75) is 55.4 Å². The number of amides is 4. The third-order valence-corrected chi connectivity index (χ3v) is 10.2. The molecule has 0 bridgehead atoms. The minimum absolute atomic E-state index is 0.297. The van der Waals surface area contributed by atoms with Gasteiger partial charge in [-0.1, -0.05) is 0 Å². The molecule has 0 aromatic heterocycles. The van der Waals surface area contributed by atoms with Crippen LogP contribution >= 0.6 is 0 Å². The summed E-state index contributed by atoms with van der Waals surface area (Å²) >= 11 is 0. The molecule has 0 aliphatic carbocycles. The van der Waals surface area contributed by atoms with Gasteiger partial charge in [0.15, 0.2) is 0 Å². The molecule has 0 unspecified atom stereocenters. The van der Waals surface area contributed by atoms with Crippen LogP contribution in [0.2, 0.25) is 0 Å². The monoisotopic (exact) mass is 543 g/mol. The molecule has 0 spiro atoms. The molecule has 0 atom stereocenters. The standard InChI is InChI=1S/C34H29N3O4/c1-11-15(5)23-29-24(32(39)36(10)31(23)38)16(6)12(2)20-22-14(4)18(8)26-30-25(33(40)37(35-9)34(26)41)17(7)13(3)21(28(22)30)19(11)27(20)29/h9H2,1-8,10H3. The van der Waals surface area contributed by atoms with Crippen LogP contribution in [0.3, 0.4) is 0 Å². The molecule has 7 nitrogen and oxygen atoms in total. The molecular formula is C34H29N3O4. The van der Waals surface area contributed by atoms with E-state index < -0.39 is 11.8 Å². The molecular weight excluding hydrogens is 514 g/mol. The van der Waals surface area contributed by atoms with Crippen LogP contribution in [0.4, 0.5) is 0 Å². The number of nitrogens with zero attached hydrogens (tertiary/aromatic N) is 3. The van der Waals surface area contributed by atoms with Crippen molar-refractivity contribution in [2.75, 3.05) is 7.05 Å². The Balaban J connectivity index is 1.96. The maximum atomic E-state index is 13.8. The number of benzene rings is 5. The van der Waals surface area contributed by atoms with Crippen LogP contribution in [0, 0.1) is 55.4 Å². The van der Waals surface area contributed by atoms with Crippen LogP contribution in [0.15, 0.2) is 5.10 Å². The Hall–Kier alpha value is -4.65. The van der Waals surface area contributed by atoms with Gasteiger partial charge in [0.25, 0.3) is 23.6 Å². The summed E-state index contributed by atoms with van der Waals surface area (Å²) in [7, 11) is 1.55. The molecule has 7 heteroatoms. The fourth-order valence-electron chi connectivity index (χ4n) is 7.68. The van der Waals surface area contributed by atoms with E-state index in [1.54, 1.807) is 7.05 Å². The van der Waals surface area contributed by atoms with Crippen molar-refractivity contribution in [3.05, 3.63) is 66.8 Å². The average molecular weight is 544 g/mol. The van der Waals surface area contributed by atoms with Crippen molar-refractivity contribution < 1.29 is 19.2 Å². The van der Waals surface area contributed by atoms with E-state index in [1.165, 1.54) is 4.90 Å². The summed E-state index contributed by atoms with van der Waals surface area (Å²) in [6.07, 6.45) is 0. The summed E-state index contributed by atoms with van der Waals surface area (Å²) in [6.45, 7) is 19.3. The number of hydrazone groups is 1. The number of hydrogen-bond acceptors (Lipinski definition) is 5. The SMILES string of the molecule is C=NN1C(=O)c2c(C)c(C)c3c4c(C)c(C)c5c6c(c(C)c(C)c(c7c(C)c(C)c(c2c37)C1=O)c64)C(=O)N(C)C5=O. The highest BCUT2D eigenvalue weighted by molar-refractivity contribution is 6.44. The lowest BCUT2D eigenvalue weighted by atomic mass is 9.73. The Labute approximate surface area is 236 Å². The van der Waals surface area contributed by atoms with Gasteiger partial charge >= 0.3 is 0 Å². The van der Waals surface area contributed by atoms with Gasteiger partial charge in [-0.05, 0) is 132 Å². The normalized spacial score (nSPS) is 15.1. The molecule has 0 N–H and O–H groups in total. The van der Waals surface area contributed by atoms with E-state index in [1.807, 2.05) is 55.4 Å². The predicted molar refractivity (Wildman–Crippen MR) is 162 cm³/mol. The Morgan fingerprint density at radius 2 is 0.683 bits per heavy atom. The van der Waals surface area contributed by atoms with E-state index in [0.717, 1.165) is 81.8 Å². The second-order valence-electron chi connectivity index (χ2n) is 11.7. The lowest BCUT2D eigenvalue weighted by Crippen LogP contribution is -2.38. The molecule has 0 saturated heterocycles. The molecule has 0 fully saturated rings. The first kappa shape index (κ1) is 25.3. The highest BCUT2D eigenvalue weighted by atomic mass is 16.2. The minimum atomic E-state index is -0.477. The van der Waals surface area contributed by atoms with Crippen LogP contribution in [0.25, 0.3) is 43.1 Å². The lowest BCUT2D eigenvalue weighted by molar-refractivity contribution is 0.0610. The first-order valence-corrected chi connectivity index (χ1v) is 13.7. The fraction of sp³-hybridized carbons (Fsp3) is 0.265. The molecule has 41 heavy (non-hydrogen) atoms. The predicted octanol–water partition coefficient (Wildman–Crippen LogP) is 6.64. The Morgan fingerprint density at radius 1 is 0.415 bits per heavy atom. The van der Waals surface area contributed by atoms with Crippen LogP contribution in [-0.4, -0.2) is 47.3 Å². The van der Waals surface area contributed by atoms with Crippen molar-refractivity contribution >= 4 is 73.4 Å². The summed E-state index contributed by atoms with van der Waals surface area (Å²) in [5, 5.41) is 11.6. The third kappa shape index (κ3) is 2.50. The maximum Gasteiger partial charge on any atom is 0.282 e. The number of hydrogen-bond donors (Lipinski definition) is 0. The molecule has 2 aliphatic heterocycles. The lowest BCUT2D eigenvalue weighted by Gasteiger charge is -2.33. The zero-order valence-corrected chi connectivity index (χ0v) is 24.7. The summed E-state index contributed by atoms with van der Waals surface area (Å²) < 4.78 is 0. The Kier molecular flexibility index (Phi) is 4.66. The average Bonchev–Trinajstić information content (AvgIpc) is 2.93. The second-order valence-corrected chi connectivity index (χ2v) is 11.7. The van der Waals surface area contributed by atoms with Gasteiger partial charge < -0.3 is 0 Å². The Bertz CT molecular complexity index is 2090. The van der Waals surface area contributed by atoms with Crippen LogP contribution in [0.5, 0.6) is 0 Å². The smallest absolute Gasteiger partial charge is 0.277 e. The van der Waals surface area contributed by atoms with E-state index >= 15 is 0 Å². The first-order valence-electron chi connectivity index (χ1n) is 13.7. The van der Waals surface area contributed by atoms with Gasteiger partial charge in [-0.15, -0.1) is 0 Å². The Morgan fingerprint density at radius 3 is 0.951 bits per heavy atom. The summed E-state index contributed by atoms with van der Waals surface area (Å²) in [6, 6.07) is 0. The number of rotatable bonds is 1. The van der Waals surface area contributed by atoms with Gasteiger partial charge in [0.2, 0.25) is 0 Å². The van der Waals surface area contributed by atoms with Crippen LogP contribution in [-0.2, 0) is 0 Å². The van der Waals surface area contributed by atoms with Crippen molar-refractivity contribution in [2.24, 2.45) is 5.10 Å². The number of carbonyl (C=O) groups excluding carboxylic acids is 4. The number of carbonyl (C=O) groups is 4. The number of fused-ring (bicyclic) bond motifs is 2. The van der Waals surface area contributed by atoms with E-state index in [4.69, 9.17) is 0 Å². The van der Waals surface area contributed by atoms with Crippen LogP contribution < -0.4 is 0 Å². The van der Waals surface area contributed by atoms with Crippen molar-refractivity contribution in [3.63, 3.8) is 0 Å². The fourth-order valence-corrected chi connectivity index (χ4v) is 7.68. The molecule has 5 aromatic carbocycles. The third-order valence-electron chi connectivity index (χ3n) is 10.2. The first-order chi connectivity index (χ1) is 19.3. The van der Waals surface area contributed by atoms with Gasteiger partial charge in [0.1, 0.15) is 0 Å². The highest BCUT2D eigenvalue weighted by Gasteiger charge is 2.41. The molecule has 204 valence electrons. The second kappa shape index (κ2) is 7.55. The molecule has 5 aromatic rings. The largest absolute Gasteiger partial charge is 0.282 e. The topological polar surface area (TPSA) is 87.1 Å². The molecule has 4 amide bonds. The van der Waals surface area contributed by atoms with Gasteiger partial charge in [-0.25, -0.2) is 0 Å². The minimum Gasteiger partial charge on any atom is -0.277 e. The zero-order valence-electron chi connectivity index (χ0n) is 24.7. The number of imide groups is 2. The van der Waals surface area contributed by atoms with Crippen molar-refractivity contribution in [1.29, 1.82) is 0 Å². The van der Waals surface area contributed by atoms with Crippen LogP contribution in [0.1, 0.15) is 85.9 Å². The van der Waals surface area contributed by atoms with Gasteiger partial charge in [0.05, 0.1) is 22.3 Å². The molecule has 0 saturated carbocycles. The van der Waals surface area contributed by atoms with Gasteiger partial charge in [-0.2, -0.15) is 10.1 Å². The van der Waals surface area contributed by atoms with Gasteiger partial charge in [-0.3, -0.25) is 24.1 Å². The molecule has 0 radical (unpaired) electrons. The van der Waals surface area contributed by atoms with E-state index in [2.05, 4.69) is 11.8 Å². The summed E-state index contributed by atoms with van der Waals surface area (Å²) in [5.41, 5.74) is 9.02. The molecule has 7 rings (SSSR count). The zero-order chi connectivity index (χ0) is 29.7.